The van der Waals surface area contributed by atoms with Gasteiger partial charge in [0.25, 0.3) is 0 Å². The Balaban J connectivity index is 2.24. The summed E-state index contributed by atoms with van der Waals surface area (Å²) in [7, 11) is 0. The van der Waals surface area contributed by atoms with E-state index >= 15 is 0 Å². The molecular weight excluding hydrogens is 346 g/mol. The molecule has 21 heavy (non-hydrogen) atoms. The first-order chi connectivity index (χ1) is 9.95. The second-order valence-electron chi connectivity index (χ2n) is 4.03. The molecule has 1 N–H and O–H groups in total. The van der Waals surface area contributed by atoms with Crippen LogP contribution in [0.2, 0.25) is 0 Å². The molecule has 0 aliphatic carbocycles. The molecule has 0 saturated heterocycles. The number of carboxylic acid groups (broad SMARTS) is 1. The zero-order valence-electron chi connectivity index (χ0n) is 10.5. The van der Waals surface area contributed by atoms with E-state index < -0.39 is 17.6 Å². The highest BCUT2D eigenvalue weighted by molar-refractivity contribution is 9.10. The van der Waals surface area contributed by atoms with Gasteiger partial charge in [0, 0.05) is 16.6 Å². The topological polar surface area (TPSA) is 46.5 Å². The Morgan fingerprint density at radius 2 is 1.95 bits per heavy atom. The molecule has 2 aromatic rings. The van der Waals surface area contributed by atoms with E-state index in [-0.39, 0.29) is 5.75 Å². The maximum Gasteiger partial charge on any atom is 0.328 e. The smallest absolute Gasteiger partial charge is 0.328 e. The molecule has 108 valence electrons. The van der Waals surface area contributed by atoms with E-state index in [1.807, 2.05) is 0 Å². The van der Waals surface area contributed by atoms with Crippen molar-refractivity contribution in [2.75, 3.05) is 0 Å². The van der Waals surface area contributed by atoms with Crippen molar-refractivity contribution in [3.8, 4) is 11.5 Å². The normalized spacial score (nSPS) is 10.8. The number of aliphatic carboxylic acids is 1. The minimum Gasteiger partial charge on any atom is -0.478 e. The van der Waals surface area contributed by atoms with Crippen molar-refractivity contribution in [3.63, 3.8) is 0 Å². The molecule has 0 bridgehead atoms. The summed E-state index contributed by atoms with van der Waals surface area (Å²) >= 11 is 3.25. The van der Waals surface area contributed by atoms with Gasteiger partial charge in [-0.3, -0.25) is 0 Å². The predicted octanol–water partition coefficient (Wildman–Crippen LogP) is 4.62. The SMILES string of the molecule is O=C(O)/C=C/c1ccc(Oc2cc(F)ccc2F)cc1Br. The van der Waals surface area contributed by atoms with Crippen molar-refractivity contribution in [1.29, 1.82) is 0 Å². The Morgan fingerprint density at radius 1 is 1.19 bits per heavy atom. The second kappa shape index (κ2) is 6.49. The number of benzene rings is 2. The lowest BCUT2D eigenvalue weighted by atomic mass is 10.2. The van der Waals surface area contributed by atoms with Gasteiger partial charge >= 0.3 is 5.97 Å². The van der Waals surface area contributed by atoms with Crippen LogP contribution in [0.5, 0.6) is 11.5 Å². The largest absolute Gasteiger partial charge is 0.478 e. The molecular formula is C15H9BrF2O3. The third-order valence-corrected chi connectivity index (χ3v) is 3.19. The van der Waals surface area contributed by atoms with Crippen molar-refractivity contribution < 1.29 is 23.4 Å². The fourth-order valence-corrected chi connectivity index (χ4v) is 2.04. The highest BCUT2D eigenvalue weighted by atomic mass is 79.9. The lowest BCUT2D eigenvalue weighted by Gasteiger charge is -2.08. The first-order valence-corrected chi connectivity index (χ1v) is 6.58. The van der Waals surface area contributed by atoms with Gasteiger partial charge in [0.15, 0.2) is 11.6 Å². The van der Waals surface area contributed by atoms with Crippen LogP contribution in [0.15, 0.2) is 46.9 Å². The van der Waals surface area contributed by atoms with Crippen molar-refractivity contribution in [1.82, 2.24) is 0 Å². The van der Waals surface area contributed by atoms with E-state index in [1.165, 1.54) is 18.2 Å². The summed E-state index contributed by atoms with van der Waals surface area (Å²) in [6, 6.07) is 7.57. The molecule has 0 amide bonds. The fraction of sp³-hybridized carbons (Fsp3) is 0. The summed E-state index contributed by atoms with van der Waals surface area (Å²) in [6.07, 6.45) is 2.39. The second-order valence-corrected chi connectivity index (χ2v) is 4.89. The quantitative estimate of drug-likeness (QED) is 0.815. The van der Waals surface area contributed by atoms with E-state index in [4.69, 9.17) is 9.84 Å². The zero-order chi connectivity index (χ0) is 15.4. The molecule has 0 aliphatic heterocycles. The van der Waals surface area contributed by atoms with Gasteiger partial charge in [-0.2, -0.15) is 0 Å². The summed E-state index contributed by atoms with van der Waals surface area (Å²) in [5.74, 6) is -2.28. The Kier molecular flexibility index (Phi) is 4.70. The molecule has 0 heterocycles. The van der Waals surface area contributed by atoms with Gasteiger partial charge in [0.05, 0.1) is 0 Å². The summed E-state index contributed by atoms with van der Waals surface area (Å²) in [6.45, 7) is 0. The van der Waals surface area contributed by atoms with E-state index in [0.717, 1.165) is 24.3 Å². The standard InChI is InChI=1S/C15H9BrF2O3/c16-12-8-11(4-1-9(12)2-6-15(19)20)21-14-7-10(17)3-5-13(14)18/h1-8H,(H,19,20)/b6-2+. The molecule has 0 spiro atoms. The average Bonchev–Trinajstić information content (AvgIpc) is 2.42. The van der Waals surface area contributed by atoms with Gasteiger partial charge in [-0.1, -0.05) is 22.0 Å². The van der Waals surface area contributed by atoms with Gasteiger partial charge in [0.1, 0.15) is 11.6 Å². The Labute approximate surface area is 127 Å². The number of ether oxygens (including phenoxy) is 1. The molecule has 6 heteroatoms. The lowest BCUT2D eigenvalue weighted by Crippen LogP contribution is -1.90. The van der Waals surface area contributed by atoms with E-state index in [0.29, 0.717) is 15.8 Å². The Bertz CT molecular complexity index is 714. The van der Waals surface area contributed by atoms with Crippen molar-refractivity contribution in [3.05, 3.63) is 64.1 Å². The predicted molar refractivity (Wildman–Crippen MR) is 77.2 cm³/mol. The molecule has 3 nitrogen and oxygen atoms in total. The van der Waals surface area contributed by atoms with E-state index in [1.54, 1.807) is 6.07 Å². The number of carbonyl (C=O) groups is 1. The number of carboxylic acids is 1. The molecule has 0 saturated carbocycles. The van der Waals surface area contributed by atoms with Crippen LogP contribution < -0.4 is 4.74 Å². The molecule has 2 rings (SSSR count). The highest BCUT2D eigenvalue weighted by Gasteiger charge is 2.07. The van der Waals surface area contributed by atoms with Gasteiger partial charge in [-0.05, 0) is 35.9 Å². The minimum absolute atomic E-state index is 0.226. The molecule has 0 aromatic heterocycles. The molecule has 0 unspecified atom stereocenters. The molecule has 0 aliphatic rings. The summed E-state index contributed by atoms with van der Waals surface area (Å²) in [5, 5.41) is 8.57. The van der Waals surface area contributed by atoms with Crippen molar-refractivity contribution in [2.24, 2.45) is 0 Å². The van der Waals surface area contributed by atoms with Gasteiger partial charge < -0.3 is 9.84 Å². The monoisotopic (exact) mass is 354 g/mol. The first-order valence-electron chi connectivity index (χ1n) is 5.79. The minimum atomic E-state index is -1.07. The maximum absolute atomic E-state index is 13.5. The number of hydrogen-bond donors (Lipinski definition) is 1. The van der Waals surface area contributed by atoms with Crippen LogP contribution >= 0.6 is 15.9 Å². The Morgan fingerprint density at radius 3 is 2.62 bits per heavy atom. The number of rotatable bonds is 4. The van der Waals surface area contributed by atoms with Crippen LogP contribution in [-0.4, -0.2) is 11.1 Å². The van der Waals surface area contributed by atoms with E-state index in [9.17, 15) is 13.6 Å². The zero-order valence-corrected chi connectivity index (χ0v) is 12.1. The third-order valence-electron chi connectivity index (χ3n) is 2.50. The van der Waals surface area contributed by atoms with Gasteiger partial charge in [-0.15, -0.1) is 0 Å². The lowest BCUT2D eigenvalue weighted by molar-refractivity contribution is -0.131. The van der Waals surface area contributed by atoms with Crippen LogP contribution in [0, 0.1) is 11.6 Å². The average molecular weight is 355 g/mol. The van der Waals surface area contributed by atoms with Crippen LogP contribution in [0.3, 0.4) is 0 Å². The first kappa shape index (κ1) is 15.2. The molecule has 0 radical (unpaired) electrons. The molecule has 0 fully saturated rings. The van der Waals surface area contributed by atoms with Crippen LogP contribution in [-0.2, 0) is 4.79 Å². The molecule has 2 aromatic carbocycles. The van der Waals surface area contributed by atoms with Crippen LogP contribution in [0.25, 0.3) is 6.08 Å². The number of hydrogen-bond acceptors (Lipinski definition) is 2. The summed E-state index contributed by atoms with van der Waals surface area (Å²) in [5.41, 5.74) is 0.615. The maximum atomic E-state index is 13.5. The van der Waals surface area contributed by atoms with Crippen molar-refractivity contribution >= 4 is 28.0 Å². The highest BCUT2D eigenvalue weighted by Crippen LogP contribution is 2.29. The van der Waals surface area contributed by atoms with Crippen LogP contribution in [0.1, 0.15) is 5.56 Å². The summed E-state index contributed by atoms with van der Waals surface area (Å²) < 4.78 is 32.3. The third kappa shape index (κ3) is 4.13. The van der Waals surface area contributed by atoms with E-state index in [2.05, 4.69) is 15.9 Å². The Hall–Kier alpha value is -2.21. The van der Waals surface area contributed by atoms with Gasteiger partial charge in [-0.25, -0.2) is 13.6 Å². The molecule has 0 atom stereocenters. The number of halogens is 3. The van der Waals surface area contributed by atoms with Gasteiger partial charge in [0.2, 0.25) is 0 Å². The van der Waals surface area contributed by atoms with Crippen molar-refractivity contribution in [2.45, 2.75) is 0 Å². The fourth-order valence-electron chi connectivity index (χ4n) is 1.55. The van der Waals surface area contributed by atoms with Crippen LogP contribution in [0.4, 0.5) is 8.78 Å². The summed E-state index contributed by atoms with van der Waals surface area (Å²) in [4.78, 5) is 10.5.